The molecule has 0 radical (unpaired) electrons. The largest absolute Gasteiger partial charge is 0.744 e. The first kappa shape index (κ1) is 31.4. The lowest BCUT2D eigenvalue weighted by Crippen LogP contribution is -2.32. The maximum absolute atomic E-state index is 13.6. The Bertz CT molecular complexity index is 1810. The number of hydrogen-bond donors (Lipinski definition) is 2. The Morgan fingerprint density at radius 3 is 2.34 bits per heavy atom. The van der Waals surface area contributed by atoms with Crippen LogP contribution in [-0.2, 0) is 30.5 Å². The smallest absolute Gasteiger partial charge is 0.303 e. The van der Waals surface area contributed by atoms with Crippen LogP contribution in [0.15, 0.2) is 82.1 Å². The van der Waals surface area contributed by atoms with E-state index in [0.717, 1.165) is 16.9 Å². The van der Waals surface area contributed by atoms with Gasteiger partial charge in [-0.2, -0.15) is 4.58 Å². The number of aliphatic carboxylic acids is 1. The highest BCUT2D eigenvalue weighted by molar-refractivity contribution is 7.85. The molecule has 0 atom stereocenters. The third kappa shape index (κ3) is 5.20. The Morgan fingerprint density at radius 2 is 1.70 bits per heavy atom. The average Bonchev–Trinajstić information content (AvgIpc) is 3.31. The van der Waals surface area contributed by atoms with Crippen LogP contribution in [0.25, 0.3) is 0 Å². The van der Waals surface area contributed by atoms with Crippen LogP contribution in [0.5, 0.6) is 0 Å². The Balaban J connectivity index is 1.55. The SMILES string of the molecule is CCN1C(=CC2=C(O)C(=CC3=[N+](CCCCCC(=O)O)c4ccc(S(=O)(=O)[O-])cc4C3(C)C)C2=O)C(C)(C)c2ccccc21. The van der Waals surface area contributed by atoms with E-state index in [4.69, 9.17) is 5.11 Å². The fraction of sp³-hybridized carbons (Fsp3) is 0.382. The fourth-order valence-corrected chi connectivity index (χ4v) is 7.16. The van der Waals surface area contributed by atoms with Crippen LogP contribution < -0.4 is 4.90 Å². The molecule has 9 nitrogen and oxygen atoms in total. The van der Waals surface area contributed by atoms with Gasteiger partial charge < -0.3 is 19.7 Å². The first-order valence-corrected chi connectivity index (χ1v) is 16.3. The molecule has 0 amide bonds. The number of carbonyl (C=O) groups excluding carboxylic acids is 1. The second kappa shape index (κ2) is 11.2. The minimum atomic E-state index is -4.69. The van der Waals surface area contributed by atoms with Gasteiger partial charge in [-0.05, 0) is 63.5 Å². The Hall–Kier alpha value is -4.02. The van der Waals surface area contributed by atoms with Crippen molar-refractivity contribution in [3.8, 4) is 0 Å². The van der Waals surface area contributed by atoms with Gasteiger partial charge in [0.25, 0.3) is 0 Å². The molecular formula is C34H38N2O7S. The van der Waals surface area contributed by atoms with Crippen molar-refractivity contribution in [1.29, 1.82) is 0 Å². The lowest BCUT2D eigenvalue weighted by atomic mass is 9.77. The normalized spacial score (nSPS) is 20.4. The van der Waals surface area contributed by atoms with E-state index >= 15 is 0 Å². The summed E-state index contributed by atoms with van der Waals surface area (Å²) in [5.74, 6) is -1.25. The summed E-state index contributed by atoms with van der Waals surface area (Å²) in [6.07, 6.45) is 5.32. The van der Waals surface area contributed by atoms with Crippen LogP contribution in [-0.4, -0.2) is 58.3 Å². The quantitative estimate of drug-likeness (QED) is 0.151. The van der Waals surface area contributed by atoms with Crippen LogP contribution >= 0.6 is 0 Å². The molecule has 2 heterocycles. The number of hydrogen-bond acceptors (Lipinski definition) is 7. The van der Waals surface area contributed by atoms with Gasteiger partial charge in [-0.15, -0.1) is 0 Å². The zero-order valence-electron chi connectivity index (χ0n) is 25.7. The van der Waals surface area contributed by atoms with Crippen LogP contribution in [0.4, 0.5) is 11.4 Å². The number of unbranched alkanes of at least 4 members (excludes halogenated alkanes) is 2. The molecule has 3 aliphatic rings. The number of rotatable bonds is 10. The van der Waals surface area contributed by atoms with Gasteiger partial charge in [0.15, 0.2) is 5.71 Å². The van der Waals surface area contributed by atoms with Crippen LogP contribution in [0.2, 0.25) is 0 Å². The average molecular weight is 619 g/mol. The number of likely N-dealkylation sites (N-methyl/N-ethyl adjacent to an activating group) is 1. The van der Waals surface area contributed by atoms with Gasteiger partial charge in [0, 0.05) is 53.9 Å². The number of aliphatic hydroxyl groups excluding tert-OH is 1. The van der Waals surface area contributed by atoms with E-state index in [-0.39, 0.29) is 39.4 Å². The van der Waals surface area contributed by atoms with Gasteiger partial charge in [-0.3, -0.25) is 9.59 Å². The van der Waals surface area contributed by atoms with Crippen LogP contribution in [0.1, 0.15) is 71.4 Å². The summed E-state index contributed by atoms with van der Waals surface area (Å²) < 4.78 is 37.5. The first-order chi connectivity index (χ1) is 20.6. The molecule has 1 aliphatic carbocycles. The molecule has 0 spiro atoms. The van der Waals surface area contributed by atoms with Crippen LogP contribution in [0.3, 0.4) is 0 Å². The van der Waals surface area contributed by atoms with Gasteiger partial charge in [0.05, 0.1) is 21.5 Å². The zero-order valence-corrected chi connectivity index (χ0v) is 26.5. The molecule has 2 N–H and O–H groups in total. The van der Waals surface area contributed by atoms with E-state index in [0.29, 0.717) is 49.3 Å². The molecule has 44 heavy (non-hydrogen) atoms. The monoisotopic (exact) mass is 618 g/mol. The standard InChI is InChI=1S/C34H38N2O7S/c1-6-35-26-13-10-9-12-24(26)33(2,3)28(35)19-22-31(39)23(32(22)40)20-29-34(4,5)25-18-21(44(41,42)43)15-16-27(25)36(29)17-11-7-8-14-30(37)38/h9-10,12-13,15-16,18-20H,6-8,11,14,17H2,1-5H3,(H2-,37,38,39,40,41,42,43). The number of benzene rings is 2. The summed E-state index contributed by atoms with van der Waals surface area (Å²) >= 11 is 0. The van der Waals surface area contributed by atoms with E-state index in [2.05, 4.69) is 30.9 Å². The minimum Gasteiger partial charge on any atom is -0.744 e. The third-order valence-electron chi connectivity index (χ3n) is 9.10. The van der Waals surface area contributed by atoms with Crippen molar-refractivity contribution < 1.29 is 37.3 Å². The molecule has 2 aromatic rings. The van der Waals surface area contributed by atoms with Crippen molar-refractivity contribution >= 4 is 39.0 Å². The zero-order chi connectivity index (χ0) is 32.2. The van der Waals surface area contributed by atoms with Gasteiger partial charge in [0.2, 0.25) is 11.5 Å². The number of allylic oxidation sites excluding steroid dienone is 5. The Kier molecular flexibility index (Phi) is 7.97. The van der Waals surface area contributed by atoms with Gasteiger partial charge in [-0.1, -0.05) is 32.0 Å². The van der Waals surface area contributed by atoms with Crippen molar-refractivity contribution in [2.75, 3.05) is 18.0 Å². The molecular weight excluding hydrogens is 580 g/mol. The van der Waals surface area contributed by atoms with Crippen molar-refractivity contribution in [1.82, 2.24) is 0 Å². The number of aliphatic hydroxyl groups is 1. The Labute approximate surface area is 258 Å². The molecule has 0 saturated heterocycles. The molecule has 10 heteroatoms. The maximum Gasteiger partial charge on any atom is 0.303 e. The second-order valence-corrected chi connectivity index (χ2v) is 13.9. The number of ketones is 1. The highest BCUT2D eigenvalue weighted by Crippen LogP contribution is 2.49. The summed E-state index contributed by atoms with van der Waals surface area (Å²) in [6.45, 7) is 11.2. The maximum atomic E-state index is 13.6. The number of para-hydroxylation sites is 1. The van der Waals surface area contributed by atoms with E-state index in [1.54, 1.807) is 18.2 Å². The van der Waals surface area contributed by atoms with Crippen molar-refractivity contribution in [2.45, 2.75) is 76.0 Å². The van der Waals surface area contributed by atoms with E-state index in [9.17, 15) is 27.7 Å². The summed E-state index contributed by atoms with van der Waals surface area (Å²) in [4.78, 5) is 26.4. The van der Waals surface area contributed by atoms with Crippen molar-refractivity contribution in [3.63, 3.8) is 0 Å². The molecule has 0 saturated carbocycles. The number of Topliss-reactive ketones (excluding diaryl/α,β-unsaturated/α-hetero) is 1. The predicted molar refractivity (Wildman–Crippen MR) is 167 cm³/mol. The number of carboxylic acids is 1. The van der Waals surface area contributed by atoms with E-state index in [1.165, 1.54) is 12.1 Å². The van der Waals surface area contributed by atoms with Gasteiger partial charge >= 0.3 is 5.97 Å². The molecule has 2 aromatic carbocycles. The molecule has 0 fully saturated rings. The lowest BCUT2D eigenvalue weighted by molar-refractivity contribution is -0.438. The highest BCUT2D eigenvalue weighted by atomic mass is 32.2. The molecule has 5 rings (SSSR count). The van der Waals surface area contributed by atoms with Crippen molar-refractivity contribution in [3.05, 3.63) is 88.3 Å². The molecule has 0 unspecified atom stereocenters. The predicted octanol–water partition coefficient (Wildman–Crippen LogP) is 5.63. The molecule has 232 valence electrons. The lowest BCUT2D eigenvalue weighted by Gasteiger charge is -2.28. The first-order valence-electron chi connectivity index (χ1n) is 14.9. The Morgan fingerprint density at radius 1 is 1.00 bits per heavy atom. The summed E-state index contributed by atoms with van der Waals surface area (Å²) in [6, 6.07) is 12.4. The summed E-state index contributed by atoms with van der Waals surface area (Å²) in [5.41, 5.74) is 4.37. The van der Waals surface area contributed by atoms with E-state index in [1.807, 2.05) is 37.5 Å². The molecule has 2 aliphatic heterocycles. The summed E-state index contributed by atoms with van der Waals surface area (Å²) in [5, 5.41) is 20.2. The fourth-order valence-electron chi connectivity index (χ4n) is 6.66. The van der Waals surface area contributed by atoms with Gasteiger partial charge in [0.1, 0.15) is 22.4 Å². The van der Waals surface area contributed by atoms with Crippen LogP contribution in [0, 0.1) is 0 Å². The molecule has 0 bridgehead atoms. The second-order valence-electron chi connectivity index (χ2n) is 12.6. The number of fused-ring (bicyclic) bond motifs is 2. The van der Waals surface area contributed by atoms with E-state index < -0.39 is 21.5 Å². The number of nitrogens with zero attached hydrogens (tertiary/aromatic N) is 2. The third-order valence-corrected chi connectivity index (χ3v) is 9.93. The molecule has 0 aromatic heterocycles. The number of carbonyl (C=O) groups is 2. The number of carboxylic acid groups (broad SMARTS) is 1. The van der Waals surface area contributed by atoms with Crippen molar-refractivity contribution in [2.24, 2.45) is 0 Å². The topological polar surface area (TPSA) is 138 Å². The van der Waals surface area contributed by atoms with Gasteiger partial charge in [-0.25, -0.2) is 8.42 Å². The minimum absolute atomic E-state index is 0.0657. The summed E-state index contributed by atoms with van der Waals surface area (Å²) in [7, 11) is -4.69. The highest BCUT2D eigenvalue weighted by Gasteiger charge is 2.47. The number of anilines is 1.